The van der Waals surface area contributed by atoms with Crippen LogP contribution in [0, 0.1) is 0 Å². The Bertz CT molecular complexity index is 1220. The summed E-state index contributed by atoms with van der Waals surface area (Å²) in [5.74, 6) is 0.194. The highest BCUT2D eigenvalue weighted by atomic mass is 32.2. The molecule has 0 aliphatic heterocycles. The van der Waals surface area contributed by atoms with Crippen LogP contribution in [0.5, 0.6) is 5.88 Å². The molecule has 1 N–H and O–H groups in total. The molecule has 0 aliphatic rings. The maximum atomic E-state index is 12.7. The fraction of sp³-hybridized carbons (Fsp3) is 0.0952. The second kappa shape index (κ2) is 8.24. The fourth-order valence-electron chi connectivity index (χ4n) is 2.75. The number of fused-ring (bicyclic) bond motifs is 1. The first-order valence-corrected chi connectivity index (χ1v) is 10.5. The summed E-state index contributed by atoms with van der Waals surface area (Å²) in [5, 5.41) is 0. The number of aromatic nitrogens is 3. The predicted octanol–water partition coefficient (Wildman–Crippen LogP) is 3.45. The van der Waals surface area contributed by atoms with E-state index in [9.17, 15) is 8.42 Å². The molecule has 2 aromatic heterocycles. The van der Waals surface area contributed by atoms with Crippen LogP contribution in [0.15, 0.2) is 84.0 Å². The Morgan fingerprint density at radius 2 is 1.48 bits per heavy atom. The minimum atomic E-state index is -3.82. The van der Waals surface area contributed by atoms with Gasteiger partial charge in [0.25, 0.3) is 15.9 Å². The number of nitrogens with zero attached hydrogens (tertiary/aromatic N) is 3. The van der Waals surface area contributed by atoms with E-state index in [1.165, 1.54) is 12.1 Å². The van der Waals surface area contributed by atoms with E-state index in [2.05, 4.69) is 19.7 Å². The fourth-order valence-corrected chi connectivity index (χ4v) is 3.77. The van der Waals surface area contributed by atoms with E-state index in [-0.39, 0.29) is 16.6 Å². The maximum Gasteiger partial charge on any atom is 0.263 e. The number of sulfonamides is 1. The summed E-state index contributed by atoms with van der Waals surface area (Å²) in [6.45, 7) is 0.317. The number of anilines is 1. The highest BCUT2D eigenvalue weighted by Crippen LogP contribution is 2.26. The van der Waals surface area contributed by atoms with E-state index in [0.29, 0.717) is 24.1 Å². The molecule has 0 bridgehead atoms. The maximum absolute atomic E-state index is 12.7. The number of rotatable bonds is 7. The first-order valence-electron chi connectivity index (χ1n) is 8.98. The van der Waals surface area contributed by atoms with Gasteiger partial charge in [0.15, 0.2) is 0 Å². The standard InChI is InChI=1S/C21H18N4O3S/c26-29(27,17-6-2-1-3-7-17)25-20-21(24-19-9-5-4-8-18(19)23-20)28-15-12-16-10-13-22-14-11-16/h1-11,13-14H,12,15H2,(H,23,25). The molecule has 0 saturated carbocycles. The van der Waals surface area contributed by atoms with Crippen LogP contribution in [-0.4, -0.2) is 30.0 Å². The number of pyridine rings is 1. The number of hydrogen-bond acceptors (Lipinski definition) is 6. The van der Waals surface area contributed by atoms with Crippen molar-refractivity contribution in [1.82, 2.24) is 15.0 Å². The zero-order valence-electron chi connectivity index (χ0n) is 15.4. The van der Waals surface area contributed by atoms with Crippen LogP contribution in [0.1, 0.15) is 5.56 Å². The molecule has 0 saturated heterocycles. The zero-order valence-corrected chi connectivity index (χ0v) is 16.2. The van der Waals surface area contributed by atoms with Crippen LogP contribution in [0.4, 0.5) is 5.82 Å². The first kappa shape index (κ1) is 18.8. The Morgan fingerprint density at radius 3 is 2.21 bits per heavy atom. The van der Waals surface area contributed by atoms with Crippen molar-refractivity contribution in [1.29, 1.82) is 0 Å². The van der Waals surface area contributed by atoms with Gasteiger partial charge < -0.3 is 4.74 Å². The summed E-state index contributed by atoms with van der Waals surface area (Å²) in [7, 11) is -3.82. The van der Waals surface area contributed by atoms with Crippen LogP contribution in [0.25, 0.3) is 11.0 Å². The van der Waals surface area contributed by atoms with Crippen molar-refractivity contribution < 1.29 is 13.2 Å². The highest BCUT2D eigenvalue weighted by molar-refractivity contribution is 7.92. The van der Waals surface area contributed by atoms with Crippen molar-refractivity contribution in [2.75, 3.05) is 11.3 Å². The first-order chi connectivity index (χ1) is 14.1. The molecular weight excluding hydrogens is 388 g/mol. The van der Waals surface area contributed by atoms with Crippen LogP contribution >= 0.6 is 0 Å². The number of nitrogens with one attached hydrogen (secondary N) is 1. The summed E-state index contributed by atoms with van der Waals surface area (Å²) in [6.07, 6.45) is 4.05. The lowest BCUT2D eigenvalue weighted by molar-refractivity contribution is 0.311. The van der Waals surface area contributed by atoms with E-state index >= 15 is 0 Å². The van der Waals surface area contributed by atoms with Gasteiger partial charge >= 0.3 is 0 Å². The monoisotopic (exact) mass is 406 g/mol. The van der Waals surface area contributed by atoms with E-state index < -0.39 is 10.0 Å². The van der Waals surface area contributed by atoms with Crippen molar-refractivity contribution in [2.24, 2.45) is 0 Å². The van der Waals surface area contributed by atoms with Crippen molar-refractivity contribution in [3.8, 4) is 5.88 Å². The topological polar surface area (TPSA) is 94.1 Å². The summed E-state index contributed by atoms with van der Waals surface area (Å²) < 4.78 is 33.8. The van der Waals surface area contributed by atoms with E-state index in [1.54, 1.807) is 42.7 Å². The number of para-hydroxylation sites is 2. The molecule has 0 fully saturated rings. The molecule has 4 rings (SSSR count). The van der Waals surface area contributed by atoms with Gasteiger partial charge in [-0.25, -0.2) is 18.4 Å². The molecule has 0 spiro atoms. The second-order valence-electron chi connectivity index (χ2n) is 6.24. The summed E-state index contributed by atoms with van der Waals surface area (Å²) in [5.41, 5.74) is 2.24. The Labute approximate surface area is 168 Å². The lowest BCUT2D eigenvalue weighted by atomic mass is 10.2. The van der Waals surface area contributed by atoms with Gasteiger partial charge in [-0.2, -0.15) is 0 Å². The average Bonchev–Trinajstić information content (AvgIpc) is 2.75. The lowest BCUT2D eigenvalue weighted by Crippen LogP contribution is -2.16. The van der Waals surface area contributed by atoms with E-state index in [4.69, 9.17) is 4.74 Å². The molecule has 0 unspecified atom stereocenters. The van der Waals surface area contributed by atoms with E-state index in [1.807, 2.05) is 24.3 Å². The third-order valence-electron chi connectivity index (χ3n) is 4.20. The zero-order chi connectivity index (χ0) is 20.1. The van der Waals surface area contributed by atoms with Gasteiger partial charge in [-0.1, -0.05) is 30.3 Å². The largest absolute Gasteiger partial charge is 0.475 e. The van der Waals surface area contributed by atoms with Crippen LogP contribution < -0.4 is 9.46 Å². The Kier molecular flexibility index (Phi) is 5.35. The molecule has 4 aromatic rings. The van der Waals surface area contributed by atoms with Gasteiger partial charge in [-0.3, -0.25) is 9.71 Å². The van der Waals surface area contributed by atoms with Crippen molar-refractivity contribution in [2.45, 2.75) is 11.3 Å². The van der Waals surface area contributed by atoms with Crippen LogP contribution in [0.2, 0.25) is 0 Å². The minimum absolute atomic E-state index is 0.0577. The van der Waals surface area contributed by atoms with Crippen molar-refractivity contribution >= 4 is 26.9 Å². The third-order valence-corrected chi connectivity index (χ3v) is 5.56. The lowest BCUT2D eigenvalue weighted by Gasteiger charge is -2.13. The van der Waals surface area contributed by atoms with Crippen molar-refractivity contribution in [3.63, 3.8) is 0 Å². The molecule has 7 nitrogen and oxygen atoms in total. The molecule has 0 radical (unpaired) electrons. The Hall–Kier alpha value is -3.52. The SMILES string of the molecule is O=S(=O)(Nc1nc2ccccc2nc1OCCc1ccncc1)c1ccccc1. The molecule has 0 aliphatic carbocycles. The van der Waals surface area contributed by atoms with Crippen molar-refractivity contribution in [3.05, 3.63) is 84.7 Å². The predicted molar refractivity (Wildman–Crippen MR) is 110 cm³/mol. The summed E-state index contributed by atoms with van der Waals surface area (Å²) in [4.78, 5) is 13.0. The third kappa shape index (κ3) is 4.49. The van der Waals surface area contributed by atoms with E-state index in [0.717, 1.165) is 5.56 Å². The molecule has 2 aromatic carbocycles. The van der Waals surface area contributed by atoms with Gasteiger partial charge in [-0.15, -0.1) is 0 Å². The molecule has 8 heteroatoms. The second-order valence-corrected chi connectivity index (χ2v) is 7.92. The minimum Gasteiger partial charge on any atom is -0.475 e. The molecule has 29 heavy (non-hydrogen) atoms. The Balaban J connectivity index is 1.63. The van der Waals surface area contributed by atoms with Gasteiger partial charge in [-0.05, 0) is 42.0 Å². The van der Waals surface area contributed by atoms with Gasteiger partial charge in [0.1, 0.15) is 0 Å². The molecular formula is C21H18N4O3S. The van der Waals surface area contributed by atoms with Gasteiger partial charge in [0, 0.05) is 18.8 Å². The van der Waals surface area contributed by atoms with Gasteiger partial charge in [0.2, 0.25) is 5.82 Å². The average molecular weight is 406 g/mol. The quantitative estimate of drug-likeness (QED) is 0.505. The van der Waals surface area contributed by atoms with Crippen LogP contribution in [-0.2, 0) is 16.4 Å². The smallest absolute Gasteiger partial charge is 0.263 e. The normalized spacial score (nSPS) is 11.3. The molecule has 0 amide bonds. The number of hydrogen-bond donors (Lipinski definition) is 1. The Morgan fingerprint density at radius 1 is 0.828 bits per heavy atom. The molecule has 146 valence electrons. The summed E-state index contributed by atoms with van der Waals surface area (Å²) >= 11 is 0. The summed E-state index contributed by atoms with van der Waals surface area (Å²) in [6, 6.07) is 19.1. The molecule has 0 atom stereocenters. The highest BCUT2D eigenvalue weighted by Gasteiger charge is 2.19. The van der Waals surface area contributed by atoms with Gasteiger partial charge in [0.05, 0.1) is 22.5 Å². The number of ether oxygens (including phenoxy) is 1. The van der Waals surface area contributed by atoms with Crippen LogP contribution in [0.3, 0.4) is 0 Å². The molecule has 2 heterocycles. The number of benzene rings is 2.